The van der Waals surface area contributed by atoms with E-state index in [4.69, 9.17) is 21.1 Å². The Hall–Kier alpha value is -4.37. The third-order valence-corrected chi connectivity index (χ3v) is 32.7. The molecule has 0 amide bonds. The van der Waals surface area contributed by atoms with Crippen molar-refractivity contribution >= 4 is 11.6 Å². The lowest BCUT2D eigenvalue weighted by molar-refractivity contribution is 0.0245. The van der Waals surface area contributed by atoms with E-state index in [1.165, 1.54) is 339 Å². The number of benzene rings is 3. The van der Waals surface area contributed by atoms with Crippen LogP contribution >= 0.6 is 11.6 Å². The summed E-state index contributed by atoms with van der Waals surface area (Å²) in [5, 5.41) is 0. The fraction of sp³-hybridized carbons (Fsp3) is 0.707. The highest BCUT2D eigenvalue weighted by Gasteiger charge is 2.41. The predicted octanol–water partition coefficient (Wildman–Crippen LogP) is 34.5. The van der Waals surface area contributed by atoms with Gasteiger partial charge in [-0.05, 0) is 301 Å². The number of ether oxygens (including phenoxy) is 2. The van der Waals surface area contributed by atoms with E-state index < -0.39 is 0 Å². The molecular weight excluding hydrogens is 1460 g/mol. The zero-order chi connectivity index (χ0) is 82.1. The lowest BCUT2D eigenvalue weighted by Crippen LogP contribution is -2.17. The zero-order valence-corrected chi connectivity index (χ0v) is 77.4. The molecule has 16 aliphatic carbocycles. The Bertz CT molecular complexity index is 3230. The minimum atomic E-state index is 0.472. The highest BCUT2D eigenvalue weighted by molar-refractivity contribution is 6.17. The van der Waals surface area contributed by atoms with Crippen molar-refractivity contribution in [1.82, 2.24) is 0 Å². The molecule has 8 fully saturated rings. The summed E-state index contributed by atoms with van der Waals surface area (Å²) in [4.78, 5) is 0. The normalized spacial score (nSPS) is 32.7. The third kappa shape index (κ3) is 32.2. The molecule has 0 heterocycles. The Labute approximate surface area is 737 Å². The van der Waals surface area contributed by atoms with Crippen LogP contribution in [0, 0.1) is 136 Å². The van der Waals surface area contributed by atoms with Gasteiger partial charge < -0.3 is 9.47 Å². The lowest BCUT2D eigenvalue weighted by Gasteiger charge is -2.18. The Kier molecular flexibility index (Phi) is 42.4. The van der Waals surface area contributed by atoms with E-state index >= 15 is 0 Å². The number of hydrogen-bond acceptors (Lipinski definition) is 2. The molecule has 19 rings (SSSR count). The van der Waals surface area contributed by atoms with Crippen LogP contribution in [0.25, 0.3) is 0 Å². The van der Waals surface area contributed by atoms with E-state index in [0.29, 0.717) is 12.0 Å². The SMILES string of the molecule is C1=CC2CC1CC2CCc1ccccc1.C1=CC2CC1CC2COc1ccccc1.C1=CC2CC1CC2OCc1ccccc1.CCCCCCC1CC2C=CC1C2.CCCCCCCCC1CC2C=CC1C2.CCCCCCCCCCC1CC2C=CC1C2.CCCCCCCCCCCCC1CC2C=CC1C2.ClCCC1CC2C=CC1C2. The second-order valence-corrected chi connectivity index (χ2v) is 42.0. The molecule has 119 heavy (non-hydrogen) atoms. The molecule has 658 valence electrons. The molecule has 0 saturated heterocycles. The molecule has 8 saturated carbocycles. The number of halogens is 1. The molecule has 0 spiro atoms. The predicted molar refractivity (Wildman–Crippen MR) is 515 cm³/mol. The van der Waals surface area contributed by atoms with Gasteiger partial charge in [-0.15, -0.1) is 11.6 Å². The van der Waals surface area contributed by atoms with Gasteiger partial charge in [0.15, 0.2) is 0 Å². The number of para-hydroxylation sites is 1. The van der Waals surface area contributed by atoms with E-state index in [0.717, 1.165) is 155 Å². The van der Waals surface area contributed by atoms with Gasteiger partial charge in [0, 0.05) is 11.8 Å². The maximum atomic E-state index is 5.97. The van der Waals surface area contributed by atoms with Crippen LogP contribution in [-0.2, 0) is 17.8 Å². The van der Waals surface area contributed by atoms with Crippen LogP contribution in [0.5, 0.6) is 5.75 Å². The molecular formula is C116H175ClO2. The molecule has 16 aliphatic rings. The first-order valence-electron chi connectivity index (χ1n) is 52.1. The van der Waals surface area contributed by atoms with E-state index in [1.54, 1.807) is 0 Å². The Morgan fingerprint density at radius 3 is 0.790 bits per heavy atom. The van der Waals surface area contributed by atoms with Gasteiger partial charge >= 0.3 is 0 Å². The fourth-order valence-electron chi connectivity index (χ4n) is 25.5. The number of alkyl halides is 1. The highest BCUT2D eigenvalue weighted by Crippen LogP contribution is 2.51. The van der Waals surface area contributed by atoms with Crippen LogP contribution < -0.4 is 4.74 Å². The third-order valence-electron chi connectivity index (χ3n) is 32.5. The molecule has 0 N–H and O–H groups in total. The Morgan fingerprint density at radius 2 is 0.504 bits per heavy atom. The lowest BCUT2D eigenvalue weighted by atomic mass is 9.88. The van der Waals surface area contributed by atoms with Gasteiger partial charge in [0.1, 0.15) is 5.75 Å². The molecule has 24 unspecified atom stereocenters. The molecule has 24 atom stereocenters. The van der Waals surface area contributed by atoms with Crippen molar-refractivity contribution in [1.29, 1.82) is 0 Å². The first kappa shape index (κ1) is 93.8. The summed E-state index contributed by atoms with van der Waals surface area (Å²) < 4.78 is 11.8. The highest BCUT2D eigenvalue weighted by atomic mass is 35.5. The molecule has 3 aromatic rings. The van der Waals surface area contributed by atoms with Crippen LogP contribution in [-0.4, -0.2) is 18.6 Å². The van der Waals surface area contributed by atoms with Gasteiger partial charge in [0.25, 0.3) is 0 Å². The maximum absolute atomic E-state index is 5.97. The van der Waals surface area contributed by atoms with Gasteiger partial charge in [-0.2, -0.15) is 0 Å². The van der Waals surface area contributed by atoms with Crippen LogP contribution in [0.15, 0.2) is 188 Å². The minimum absolute atomic E-state index is 0.472. The number of hydrogen-bond donors (Lipinski definition) is 0. The van der Waals surface area contributed by atoms with E-state index in [2.05, 4.69) is 180 Å². The summed E-state index contributed by atoms with van der Waals surface area (Å²) in [6.45, 7) is 10.8. The first-order valence-corrected chi connectivity index (χ1v) is 52.7. The standard InChI is InChI=1S/C19H34.C17H30.C15H18.C15H26.2C14H16O.C13H22.C9H13Cl/c1-2-3-4-5-6-7-8-9-10-11-12-18-15-17-13-14-19(18)16-17;1-2-3-4-5-6-7-8-9-10-16-13-15-11-12-17(16)14-15;1-2-4-12(5-3-1)6-8-14-10-13-7-9-15(14)11-13;1-2-3-4-5-6-7-8-14-11-13-9-10-15(14)12-13;1-2-4-14(5-3-1)15-10-13-9-11-6-7-12(13)8-11;1-2-4-11(5-3-1)10-15-14-9-12-6-7-13(14)8-12;1-2-3-4-5-6-12-9-11-7-8-13(12)10-11;10-4-3-9-6-7-1-2-8(9)5-7/h13-14,17-19H,2-12,15-16H2,1H3;11-12,15-17H,2-10,13-14H2,1H3;1-5,7,9,13-15H,6,8,10-11H2;9-10,13-15H,2-8,11-12H2,1H3;1-7,11-13H,8-10H2;1-7,12-14H,8-10H2;7-8,11-13H,2-6,9-10H2,1H3;1-2,7-9H,3-6H2. The van der Waals surface area contributed by atoms with E-state index in [9.17, 15) is 0 Å². The topological polar surface area (TPSA) is 18.5 Å². The van der Waals surface area contributed by atoms with Gasteiger partial charge in [0.2, 0.25) is 0 Å². The summed E-state index contributed by atoms with van der Waals surface area (Å²) in [5.74, 6) is 23.3. The summed E-state index contributed by atoms with van der Waals surface area (Å²) in [6.07, 6.45) is 113. The Balaban J connectivity index is 0.000000125. The quantitative estimate of drug-likeness (QED) is 0.0319. The van der Waals surface area contributed by atoms with Crippen molar-refractivity contribution in [3.8, 4) is 5.75 Å². The van der Waals surface area contributed by atoms with E-state index in [1.807, 2.05) is 36.4 Å². The Morgan fingerprint density at radius 1 is 0.244 bits per heavy atom. The minimum Gasteiger partial charge on any atom is -0.493 e. The number of unbranched alkanes of at least 4 members (excludes halogenated alkanes) is 24. The molecule has 0 aromatic heterocycles. The van der Waals surface area contributed by atoms with Crippen molar-refractivity contribution in [2.24, 2.45) is 136 Å². The van der Waals surface area contributed by atoms with Crippen LogP contribution in [0.4, 0.5) is 0 Å². The van der Waals surface area contributed by atoms with Gasteiger partial charge in [0.05, 0.1) is 19.3 Å². The molecule has 0 radical (unpaired) electrons. The summed E-state index contributed by atoms with van der Waals surface area (Å²) in [5.41, 5.74) is 2.79. The molecule has 2 nitrogen and oxygen atoms in total. The van der Waals surface area contributed by atoms with Crippen LogP contribution in [0.3, 0.4) is 0 Å². The summed E-state index contributed by atoms with van der Waals surface area (Å²) in [7, 11) is 0. The van der Waals surface area contributed by atoms with Crippen LogP contribution in [0.2, 0.25) is 0 Å². The number of allylic oxidation sites excluding steroid dienone is 15. The summed E-state index contributed by atoms with van der Waals surface area (Å²) in [6, 6.07) is 31.5. The molecule has 0 aliphatic heterocycles. The average molecular weight is 1640 g/mol. The van der Waals surface area contributed by atoms with Crippen molar-refractivity contribution in [2.45, 2.75) is 368 Å². The number of aryl methyl sites for hydroxylation is 1. The molecule has 16 bridgehead atoms. The largest absolute Gasteiger partial charge is 0.493 e. The fourth-order valence-corrected chi connectivity index (χ4v) is 25.7. The monoisotopic (exact) mass is 1640 g/mol. The van der Waals surface area contributed by atoms with Crippen molar-refractivity contribution < 1.29 is 9.47 Å². The van der Waals surface area contributed by atoms with Gasteiger partial charge in [-0.3, -0.25) is 0 Å². The van der Waals surface area contributed by atoms with Gasteiger partial charge in [-0.25, -0.2) is 0 Å². The number of fused-ring (bicyclic) bond motifs is 16. The first-order chi connectivity index (χ1) is 58.7. The zero-order valence-electron chi connectivity index (χ0n) is 76.6. The smallest absolute Gasteiger partial charge is 0.119 e. The van der Waals surface area contributed by atoms with Crippen molar-refractivity contribution in [3.05, 3.63) is 199 Å². The van der Waals surface area contributed by atoms with Crippen molar-refractivity contribution in [2.75, 3.05) is 12.5 Å². The van der Waals surface area contributed by atoms with Crippen LogP contribution in [0.1, 0.15) is 360 Å². The molecule has 3 aromatic carbocycles. The molecule has 3 heteroatoms. The van der Waals surface area contributed by atoms with Crippen molar-refractivity contribution in [3.63, 3.8) is 0 Å². The number of rotatable bonds is 43. The second kappa shape index (κ2) is 53.8. The maximum Gasteiger partial charge on any atom is 0.119 e. The average Bonchev–Trinajstić information content (AvgIpc) is 1.71. The summed E-state index contributed by atoms with van der Waals surface area (Å²) >= 11 is 5.69. The van der Waals surface area contributed by atoms with Gasteiger partial charge in [-0.1, -0.05) is 384 Å². The second-order valence-electron chi connectivity index (χ2n) is 41.7. The van der Waals surface area contributed by atoms with E-state index in [-0.39, 0.29) is 0 Å².